The van der Waals surface area contributed by atoms with E-state index in [2.05, 4.69) is 13.8 Å². The highest BCUT2D eigenvalue weighted by atomic mass is 16.2. The maximum atomic E-state index is 12.1. The third-order valence-corrected chi connectivity index (χ3v) is 3.54. The minimum absolute atomic E-state index is 0.135. The van der Waals surface area contributed by atoms with Gasteiger partial charge in [-0.3, -0.25) is 4.79 Å². The second-order valence-electron chi connectivity index (χ2n) is 5.79. The first-order valence-electron chi connectivity index (χ1n) is 6.46. The zero-order valence-electron chi connectivity index (χ0n) is 11.1. The second-order valence-corrected chi connectivity index (χ2v) is 5.79. The SMILES string of the molecule is CC1CCN(C(=O)[C@@H](N)C(C)C)CC(C)C1. The fourth-order valence-electron chi connectivity index (χ4n) is 2.42. The molecule has 1 aliphatic rings. The molecule has 1 fully saturated rings. The predicted octanol–water partition coefficient (Wildman–Crippen LogP) is 1.86. The van der Waals surface area contributed by atoms with Gasteiger partial charge in [-0.1, -0.05) is 27.7 Å². The number of hydrogen-bond acceptors (Lipinski definition) is 2. The van der Waals surface area contributed by atoms with Gasteiger partial charge in [0, 0.05) is 13.1 Å². The lowest BCUT2D eigenvalue weighted by atomic mass is 9.97. The van der Waals surface area contributed by atoms with Gasteiger partial charge in [0.2, 0.25) is 5.91 Å². The number of rotatable bonds is 2. The molecule has 1 rings (SSSR count). The smallest absolute Gasteiger partial charge is 0.239 e. The van der Waals surface area contributed by atoms with Crippen LogP contribution in [-0.4, -0.2) is 29.9 Å². The number of likely N-dealkylation sites (tertiary alicyclic amines) is 1. The lowest BCUT2D eigenvalue weighted by Gasteiger charge is -2.27. The highest BCUT2D eigenvalue weighted by molar-refractivity contribution is 5.81. The Bertz CT molecular complexity index is 240. The molecule has 2 unspecified atom stereocenters. The third-order valence-electron chi connectivity index (χ3n) is 3.54. The first kappa shape index (κ1) is 13.5. The van der Waals surface area contributed by atoms with Crippen LogP contribution in [0.2, 0.25) is 0 Å². The molecule has 3 nitrogen and oxygen atoms in total. The van der Waals surface area contributed by atoms with Crippen LogP contribution in [0.25, 0.3) is 0 Å². The Morgan fingerprint density at radius 3 is 2.50 bits per heavy atom. The third kappa shape index (κ3) is 3.48. The molecule has 0 radical (unpaired) electrons. The minimum Gasteiger partial charge on any atom is -0.341 e. The summed E-state index contributed by atoms with van der Waals surface area (Å²) in [4.78, 5) is 14.1. The molecular formula is C13H26N2O. The van der Waals surface area contributed by atoms with E-state index in [1.807, 2.05) is 18.7 Å². The van der Waals surface area contributed by atoms with Crippen molar-refractivity contribution in [2.75, 3.05) is 13.1 Å². The number of carbonyl (C=O) groups excluding carboxylic acids is 1. The molecule has 2 N–H and O–H groups in total. The van der Waals surface area contributed by atoms with Crippen molar-refractivity contribution in [3.63, 3.8) is 0 Å². The summed E-state index contributed by atoms with van der Waals surface area (Å²) in [7, 11) is 0. The molecule has 3 heteroatoms. The average Bonchev–Trinajstić information content (AvgIpc) is 2.37. The van der Waals surface area contributed by atoms with Crippen molar-refractivity contribution in [2.45, 2.75) is 46.6 Å². The summed E-state index contributed by atoms with van der Waals surface area (Å²) in [6, 6.07) is -0.333. The number of amides is 1. The predicted molar refractivity (Wildman–Crippen MR) is 67.0 cm³/mol. The Labute approximate surface area is 99.4 Å². The van der Waals surface area contributed by atoms with Crippen molar-refractivity contribution in [1.82, 2.24) is 4.90 Å². The minimum atomic E-state index is -0.333. The van der Waals surface area contributed by atoms with E-state index in [0.29, 0.717) is 5.92 Å². The molecule has 16 heavy (non-hydrogen) atoms. The van der Waals surface area contributed by atoms with Crippen LogP contribution in [0.5, 0.6) is 0 Å². The molecule has 0 aliphatic carbocycles. The van der Waals surface area contributed by atoms with Gasteiger partial charge < -0.3 is 10.6 Å². The molecule has 3 atom stereocenters. The Morgan fingerprint density at radius 2 is 1.94 bits per heavy atom. The van der Waals surface area contributed by atoms with Gasteiger partial charge in [-0.25, -0.2) is 0 Å². The summed E-state index contributed by atoms with van der Waals surface area (Å²) < 4.78 is 0. The van der Waals surface area contributed by atoms with Gasteiger partial charge in [-0.05, 0) is 30.6 Å². The van der Waals surface area contributed by atoms with Crippen LogP contribution < -0.4 is 5.73 Å². The maximum Gasteiger partial charge on any atom is 0.239 e. The van der Waals surface area contributed by atoms with Crippen LogP contribution >= 0.6 is 0 Å². The summed E-state index contributed by atoms with van der Waals surface area (Å²) in [5, 5.41) is 0. The van der Waals surface area contributed by atoms with Gasteiger partial charge in [0.15, 0.2) is 0 Å². The van der Waals surface area contributed by atoms with E-state index in [4.69, 9.17) is 5.73 Å². The summed E-state index contributed by atoms with van der Waals surface area (Å²) >= 11 is 0. The van der Waals surface area contributed by atoms with Crippen LogP contribution in [0.1, 0.15) is 40.5 Å². The lowest BCUT2D eigenvalue weighted by Crippen LogP contribution is -2.47. The fraction of sp³-hybridized carbons (Fsp3) is 0.923. The number of nitrogens with zero attached hydrogens (tertiary/aromatic N) is 1. The van der Waals surface area contributed by atoms with Crippen LogP contribution in [0.4, 0.5) is 0 Å². The second kappa shape index (κ2) is 5.67. The highest BCUT2D eigenvalue weighted by Crippen LogP contribution is 2.22. The zero-order chi connectivity index (χ0) is 12.3. The van der Waals surface area contributed by atoms with Gasteiger partial charge in [-0.2, -0.15) is 0 Å². The van der Waals surface area contributed by atoms with E-state index in [9.17, 15) is 4.79 Å². The molecule has 0 aromatic carbocycles. The van der Waals surface area contributed by atoms with Gasteiger partial charge >= 0.3 is 0 Å². The van der Waals surface area contributed by atoms with Gasteiger partial charge in [0.25, 0.3) is 0 Å². The quantitative estimate of drug-likeness (QED) is 0.781. The number of carbonyl (C=O) groups is 1. The largest absolute Gasteiger partial charge is 0.341 e. The normalized spacial score (nSPS) is 29.0. The topological polar surface area (TPSA) is 46.3 Å². The molecule has 94 valence electrons. The average molecular weight is 226 g/mol. The molecule has 0 bridgehead atoms. The van der Waals surface area contributed by atoms with E-state index in [0.717, 1.165) is 25.4 Å². The zero-order valence-corrected chi connectivity index (χ0v) is 11.1. The van der Waals surface area contributed by atoms with Crippen LogP contribution in [0, 0.1) is 17.8 Å². The Kier molecular flexibility index (Phi) is 4.78. The van der Waals surface area contributed by atoms with E-state index in [1.54, 1.807) is 0 Å². The Balaban J connectivity index is 2.61. The first-order valence-corrected chi connectivity index (χ1v) is 6.46. The van der Waals surface area contributed by atoms with Crippen molar-refractivity contribution in [3.05, 3.63) is 0 Å². The molecule has 0 aromatic rings. The van der Waals surface area contributed by atoms with Crippen molar-refractivity contribution in [2.24, 2.45) is 23.5 Å². The molecule has 0 aromatic heterocycles. The van der Waals surface area contributed by atoms with Crippen LogP contribution in [-0.2, 0) is 4.79 Å². The Hall–Kier alpha value is -0.570. The number of nitrogens with two attached hydrogens (primary N) is 1. The Morgan fingerprint density at radius 1 is 1.31 bits per heavy atom. The monoisotopic (exact) mass is 226 g/mol. The summed E-state index contributed by atoms with van der Waals surface area (Å²) in [6.07, 6.45) is 2.33. The molecule has 1 amide bonds. The van der Waals surface area contributed by atoms with E-state index < -0.39 is 0 Å². The van der Waals surface area contributed by atoms with Crippen molar-refractivity contribution < 1.29 is 4.79 Å². The summed E-state index contributed by atoms with van der Waals surface area (Å²) in [5.41, 5.74) is 5.93. The van der Waals surface area contributed by atoms with Crippen molar-refractivity contribution in [3.8, 4) is 0 Å². The summed E-state index contributed by atoms with van der Waals surface area (Å²) in [5.74, 6) is 1.68. The van der Waals surface area contributed by atoms with E-state index in [1.165, 1.54) is 6.42 Å². The van der Waals surface area contributed by atoms with Gasteiger partial charge in [0.1, 0.15) is 0 Å². The molecule has 1 saturated heterocycles. The molecule has 0 saturated carbocycles. The molecular weight excluding hydrogens is 200 g/mol. The maximum absolute atomic E-state index is 12.1. The van der Waals surface area contributed by atoms with Crippen molar-refractivity contribution in [1.29, 1.82) is 0 Å². The van der Waals surface area contributed by atoms with E-state index >= 15 is 0 Å². The molecule has 1 aliphatic heterocycles. The molecule has 0 spiro atoms. The van der Waals surface area contributed by atoms with Crippen LogP contribution in [0.3, 0.4) is 0 Å². The van der Waals surface area contributed by atoms with E-state index in [-0.39, 0.29) is 17.9 Å². The molecule has 1 heterocycles. The standard InChI is InChI=1S/C13H26N2O/c1-9(2)12(14)13(16)15-6-5-10(3)7-11(4)8-15/h9-12H,5-8,14H2,1-4H3/t10?,11?,12-/m0/s1. The fourth-order valence-corrected chi connectivity index (χ4v) is 2.42. The van der Waals surface area contributed by atoms with Crippen LogP contribution in [0.15, 0.2) is 0 Å². The first-order chi connectivity index (χ1) is 7.41. The van der Waals surface area contributed by atoms with Gasteiger partial charge in [-0.15, -0.1) is 0 Å². The number of hydrogen-bond donors (Lipinski definition) is 1. The van der Waals surface area contributed by atoms with Crippen molar-refractivity contribution >= 4 is 5.91 Å². The van der Waals surface area contributed by atoms with Gasteiger partial charge in [0.05, 0.1) is 6.04 Å². The summed E-state index contributed by atoms with van der Waals surface area (Å²) in [6.45, 7) is 10.3. The highest BCUT2D eigenvalue weighted by Gasteiger charge is 2.27. The lowest BCUT2D eigenvalue weighted by molar-refractivity contribution is -0.133.